The standard InChI is InChI=1S/C12H19N3O4/c1-5-18-12(17)10(16)13-9(6-7(2)3)11-15-14-8(4)19-11/h7,9H,5-6H2,1-4H3,(H,13,16). The zero-order chi connectivity index (χ0) is 14.4. The van der Waals surface area contributed by atoms with E-state index < -0.39 is 17.9 Å². The van der Waals surface area contributed by atoms with Crippen molar-refractivity contribution >= 4 is 11.9 Å². The van der Waals surface area contributed by atoms with E-state index in [1.165, 1.54) is 0 Å². The number of carbonyl (C=O) groups excluding carboxylic acids is 2. The smallest absolute Gasteiger partial charge is 0.396 e. The fraction of sp³-hybridized carbons (Fsp3) is 0.667. The molecular formula is C12H19N3O4. The van der Waals surface area contributed by atoms with Gasteiger partial charge in [0, 0.05) is 6.92 Å². The van der Waals surface area contributed by atoms with E-state index >= 15 is 0 Å². The first-order chi connectivity index (χ1) is 8.93. The molecule has 0 bridgehead atoms. The SMILES string of the molecule is CCOC(=O)C(=O)NC(CC(C)C)c1nnc(C)o1. The van der Waals surface area contributed by atoms with E-state index in [2.05, 4.69) is 20.3 Å². The molecule has 1 aromatic heterocycles. The van der Waals surface area contributed by atoms with E-state index in [4.69, 9.17) is 4.42 Å². The zero-order valence-corrected chi connectivity index (χ0v) is 11.6. The van der Waals surface area contributed by atoms with E-state index in [-0.39, 0.29) is 6.61 Å². The molecule has 1 amide bonds. The number of hydrogen-bond donors (Lipinski definition) is 1. The van der Waals surface area contributed by atoms with Crippen LogP contribution in [0.15, 0.2) is 4.42 Å². The molecule has 7 nitrogen and oxygen atoms in total. The summed E-state index contributed by atoms with van der Waals surface area (Å²) in [6.07, 6.45) is 0.590. The summed E-state index contributed by atoms with van der Waals surface area (Å²) in [7, 11) is 0. The number of aryl methyl sites for hydroxylation is 1. The van der Waals surface area contributed by atoms with Crippen molar-refractivity contribution in [3.8, 4) is 0 Å². The van der Waals surface area contributed by atoms with Gasteiger partial charge in [-0.15, -0.1) is 10.2 Å². The van der Waals surface area contributed by atoms with Gasteiger partial charge in [0.05, 0.1) is 6.61 Å². The van der Waals surface area contributed by atoms with Crippen molar-refractivity contribution in [2.75, 3.05) is 6.61 Å². The van der Waals surface area contributed by atoms with E-state index in [0.29, 0.717) is 24.1 Å². The predicted octanol–water partition coefficient (Wildman–Crippen LogP) is 1.14. The van der Waals surface area contributed by atoms with Crippen LogP contribution in [-0.2, 0) is 14.3 Å². The molecule has 1 heterocycles. The first kappa shape index (κ1) is 15.1. The molecule has 106 valence electrons. The van der Waals surface area contributed by atoms with Crippen LogP contribution in [0, 0.1) is 12.8 Å². The number of rotatable bonds is 5. The second kappa shape index (κ2) is 6.86. The summed E-state index contributed by atoms with van der Waals surface area (Å²) in [6, 6.07) is -0.488. The average Bonchev–Trinajstić information content (AvgIpc) is 2.74. The Hall–Kier alpha value is -1.92. The Bertz CT molecular complexity index is 442. The third kappa shape index (κ3) is 4.69. The lowest BCUT2D eigenvalue weighted by atomic mass is 10.0. The number of ether oxygens (including phenoxy) is 1. The molecule has 0 saturated carbocycles. The van der Waals surface area contributed by atoms with Gasteiger partial charge in [-0.3, -0.25) is 4.79 Å². The summed E-state index contributed by atoms with van der Waals surface area (Å²) in [5.41, 5.74) is 0. The van der Waals surface area contributed by atoms with Gasteiger partial charge in [0.25, 0.3) is 0 Å². The van der Waals surface area contributed by atoms with Crippen LogP contribution in [0.25, 0.3) is 0 Å². The van der Waals surface area contributed by atoms with E-state index in [9.17, 15) is 9.59 Å². The molecule has 0 radical (unpaired) electrons. The maximum Gasteiger partial charge on any atom is 0.396 e. The number of aromatic nitrogens is 2. The fourth-order valence-electron chi connectivity index (χ4n) is 1.56. The summed E-state index contributed by atoms with van der Waals surface area (Å²) in [4.78, 5) is 22.9. The lowest BCUT2D eigenvalue weighted by Crippen LogP contribution is -2.36. The van der Waals surface area contributed by atoms with Gasteiger partial charge in [-0.1, -0.05) is 13.8 Å². The van der Waals surface area contributed by atoms with Gasteiger partial charge in [0.1, 0.15) is 6.04 Å². The highest BCUT2D eigenvalue weighted by atomic mass is 16.5. The van der Waals surface area contributed by atoms with E-state index in [1.54, 1.807) is 13.8 Å². The lowest BCUT2D eigenvalue weighted by Gasteiger charge is -2.16. The van der Waals surface area contributed by atoms with Crippen molar-refractivity contribution < 1.29 is 18.7 Å². The molecule has 0 spiro atoms. The van der Waals surface area contributed by atoms with E-state index in [1.807, 2.05) is 13.8 Å². The largest absolute Gasteiger partial charge is 0.459 e. The molecule has 1 atom stereocenters. The summed E-state index contributed by atoms with van der Waals surface area (Å²) in [6.45, 7) is 7.44. The molecule has 0 aromatic carbocycles. The molecule has 0 aliphatic heterocycles. The van der Waals surface area contributed by atoms with Crippen molar-refractivity contribution in [1.29, 1.82) is 0 Å². The average molecular weight is 269 g/mol. The van der Waals surface area contributed by atoms with Gasteiger partial charge in [-0.25, -0.2) is 4.79 Å². The predicted molar refractivity (Wildman–Crippen MR) is 66.0 cm³/mol. The summed E-state index contributed by atoms with van der Waals surface area (Å²) < 4.78 is 9.93. The quantitative estimate of drug-likeness (QED) is 0.636. The molecule has 0 fully saturated rings. The minimum Gasteiger partial charge on any atom is -0.459 e. The fourth-order valence-corrected chi connectivity index (χ4v) is 1.56. The molecule has 1 unspecified atom stereocenters. The monoisotopic (exact) mass is 269 g/mol. The summed E-state index contributed by atoms with van der Waals surface area (Å²) in [5.74, 6) is -0.714. The van der Waals surface area contributed by atoms with Gasteiger partial charge < -0.3 is 14.5 Å². The van der Waals surface area contributed by atoms with Crippen LogP contribution >= 0.6 is 0 Å². The molecule has 19 heavy (non-hydrogen) atoms. The second-order valence-electron chi connectivity index (χ2n) is 4.54. The van der Waals surface area contributed by atoms with Crippen molar-refractivity contribution in [2.24, 2.45) is 5.92 Å². The van der Waals surface area contributed by atoms with E-state index in [0.717, 1.165) is 0 Å². The number of nitrogens with zero attached hydrogens (tertiary/aromatic N) is 2. The number of carbonyl (C=O) groups is 2. The maximum absolute atomic E-state index is 11.6. The zero-order valence-electron chi connectivity index (χ0n) is 11.6. The maximum atomic E-state index is 11.6. The minimum atomic E-state index is -0.910. The highest BCUT2D eigenvalue weighted by molar-refractivity contribution is 6.32. The van der Waals surface area contributed by atoms with Crippen molar-refractivity contribution in [3.63, 3.8) is 0 Å². The molecule has 1 N–H and O–H groups in total. The molecule has 0 aliphatic rings. The number of nitrogens with one attached hydrogen (secondary N) is 1. The van der Waals surface area contributed by atoms with Crippen molar-refractivity contribution in [1.82, 2.24) is 15.5 Å². The Morgan fingerprint density at radius 3 is 2.53 bits per heavy atom. The highest BCUT2D eigenvalue weighted by Gasteiger charge is 2.25. The van der Waals surface area contributed by atoms with Crippen molar-refractivity contribution in [3.05, 3.63) is 11.8 Å². The van der Waals surface area contributed by atoms with Gasteiger partial charge in [-0.05, 0) is 19.3 Å². The first-order valence-corrected chi connectivity index (χ1v) is 6.21. The van der Waals surface area contributed by atoms with Crippen molar-refractivity contribution in [2.45, 2.75) is 40.2 Å². The number of esters is 1. The van der Waals surface area contributed by atoms with Gasteiger partial charge in [0.15, 0.2) is 0 Å². The van der Waals surface area contributed by atoms with Gasteiger partial charge >= 0.3 is 11.9 Å². The normalized spacial score (nSPS) is 12.3. The summed E-state index contributed by atoms with van der Waals surface area (Å²) >= 11 is 0. The first-order valence-electron chi connectivity index (χ1n) is 6.21. The van der Waals surface area contributed by atoms with Crippen LogP contribution in [0.5, 0.6) is 0 Å². The lowest BCUT2D eigenvalue weighted by molar-refractivity contribution is -0.155. The van der Waals surface area contributed by atoms with Crippen LogP contribution < -0.4 is 5.32 Å². The second-order valence-corrected chi connectivity index (χ2v) is 4.54. The Morgan fingerprint density at radius 2 is 2.05 bits per heavy atom. The Balaban J connectivity index is 2.75. The van der Waals surface area contributed by atoms with Gasteiger partial charge in [-0.2, -0.15) is 0 Å². The van der Waals surface area contributed by atoms with Crippen LogP contribution in [0.1, 0.15) is 45.0 Å². The molecular weight excluding hydrogens is 250 g/mol. The van der Waals surface area contributed by atoms with Crippen LogP contribution in [0.4, 0.5) is 0 Å². The molecule has 1 aromatic rings. The van der Waals surface area contributed by atoms with Gasteiger partial charge in [0.2, 0.25) is 11.8 Å². The Labute approximate surface area is 111 Å². The molecule has 0 aliphatic carbocycles. The van der Waals surface area contributed by atoms with Crippen LogP contribution in [0.2, 0.25) is 0 Å². The molecule has 0 saturated heterocycles. The number of amides is 1. The molecule has 1 rings (SSSR count). The Morgan fingerprint density at radius 1 is 1.37 bits per heavy atom. The van der Waals surface area contributed by atoms with Crippen LogP contribution in [0.3, 0.4) is 0 Å². The summed E-state index contributed by atoms with van der Waals surface area (Å²) in [5, 5.41) is 10.1. The molecule has 7 heteroatoms. The minimum absolute atomic E-state index is 0.154. The van der Waals surface area contributed by atoms with Crippen LogP contribution in [-0.4, -0.2) is 28.7 Å². The highest BCUT2D eigenvalue weighted by Crippen LogP contribution is 2.20. The third-order valence-electron chi connectivity index (χ3n) is 2.31. The third-order valence-corrected chi connectivity index (χ3v) is 2.31. The topological polar surface area (TPSA) is 94.3 Å². The number of hydrogen-bond acceptors (Lipinski definition) is 6. The Kier molecular flexibility index (Phi) is 5.47.